The lowest BCUT2D eigenvalue weighted by molar-refractivity contribution is -0.383. The molecule has 0 N–H and O–H groups in total. The van der Waals surface area contributed by atoms with E-state index in [0.29, 0.717) is 10.8 Å². The van der Waals surface area contributed by atoms with E-state index >= 15 is 0 Å². The van der Waals surface area contributed by atoms with E-state index in [2.05, 4.69) is 9.88 Å². The first-order valence-electron chi connectivity index (χ1n) is 7.45. The Balaban J connectivity index is 1.82. The molecule has 5 nitrogen and oxygen atoms in total. The zero-order valence-corrected chi connectivity index (χ0v) is 11.8. The number of benzene rings is 1. The number of aromatic nitrogens is 1. The Morgan fingerprint density at radius 3 is 2.81 bits per heavy atom. The van der Waals surface area contributed by atoms with Crippen molar-refractivity contribution in [1.82, 2.24) is 4.98 Å². The molecular weight excluding hydrogens is 266 g/mol. The first kappa shape index (κ1) is 12.6. The summed E-state index contributed by atoms with van der Waals surface area (Å²) in [6, 6.07) is 5.42. The predicted molar refractivity (Wildman–Crippen MR) is 81.5 cm³/mol. The van der Waals surface area contributed by atoms with Gasteiger partial charge < -0.3 is 4.90 Å². The highest BCUT2D eigenvalue weighted by molar-refractivity contribution is 5.99. The van der Waals surface area contributed by atoms with Gasteiger partial charge in [-0.1, -0.05) is 0 Å². The van der Waals surface area contributed by atoms with Gasteiger partial charge in [-0.15, -0.1) is 0 Å². The van der Waals surface area contributed by atoms with Gasteiger partial charge in [0.25, 0.3) is 5.69 Å². The van der Waals surface area contributed by atoms with Gasteiger partial charge in [-0.2, -0.15) is 0 Å². The number of fused-ring (bicyclic) bond motifs is 1. The highest BCUT2D eigenvalue weighted by Gasteiger charge is 2.45. The number of nitro benzene ring substituents is 1. The third-order valence-electron chi connectivity index (χ3n) is 4.93. The van der Waals surface area contributed by atoms with E-state index in [0.717, 1.165) is 24.2 Å². The Hall–Kier alpha value is -2.17. The molecule has 1 saturated carbocycles. The average molecular weight is 283 g/mol. The molecule has 1 saturated heterocycles. The standard InChI is InChI=1S/C16H17N3O2/c20-19(21)15-3-2-14(12-4-8-17-10-13(12)15)18-9-1-5-16(11-18)6-7-16/h2-4,8,10H,1,5-7,9,11H2. The van der Waals surface area contributed by atoms with E-state index in [1.807, 2.05) is 12.1 Å². The van der Waals surface area contributed by atoms with Gasteiger partial charge in [0.15, 0.2) is 0 Å². The maximum atomic E-state index is 11.2. The Labute approximate surface area is 122 Å². The molecule has 2 aromatic rings. The molecule has 0 amide bonds. The number of pyridine rings is 1. The first-order valence-corrected chi connectivity index (χ1v) is 7.45. The molecule has 108 valence electrons. The number of hydrogen-bond acceptors (Lipinski definition) is 4. The van der Waals surface area contributed by atoms with Crippen LogP contribution < -0.4 is 4.90 Å². The summed E-state index contributed by atoms with van der Waals surface area (Å²) in [6.07, 6.45) is 8.52. The Morgan fingerprint density at radius 1 is 1.19 bits per heavy atom. The van der Waals surface area contributed by atoms with E-state index in [4.69, 9.17) is 0 Å². The molecule has 0 bridgehead atoms. The van der Waals surface area contributed by atoms with Crippen LogP contribution in [0.15, 0.2) is 30.6 Å². The second-order valence-corrected chi connectivity index (χ2v) is 6.31. The van der Waals surface area contributed by atoms with Crippen molar-refractivity contribution in [2.75, 3.05) is 18.0 Å². The highest BCUT2D eigenvalue weighted by atomic mass is 16.6. The molecule has 0 atom stereocenters. The number of hydrogen-bond donors (Lipinski definition) is 0. The summed E-state index contributed by atoms with van der Waals surface area (Å²) in [7, 11) is 0. The molecule has 5 heteroatoms. The quantitative estimate of drug-likeness (QED) is 0.625. The van der Waals surface area contributed by atoms with Crippen LogP contribution in [0, 0.1) is 15.5 Å². The lowest BCUT2D eigenvalue weighted by atomic mass is 9.94. The van der Waals surface area contributed by atoms with Crippen molar-refractivity contribution in [3.8, 4) is 0 Å². The van der Waals surface area contributed by atoms with Crippen molar-refractivity contribution < 1.29 is 4.92 Å². The Kier molecular flexibility index (Phi) is 2.64. The van der Waals surface area contributed by atoms with Gasteiger partial charge >= 0.3 is 0 Å². The minimum Gasteiger partial charge on any atom is -0.370 e. The van der Waals surface area contributed by atoms with Gasteiger partial charge in [0.2, 0.25) is 0 Å². The number of piperidine rings is 1. The third kappa shape index (κ3) is 2.04. The number of nitro groups is 1. The van der Waals surface area contributed by atoms with Crippen molar-refractivity contribution in [2.24, 2.45) is 5.41 Å². The number of non-ortho nitro benzene ring substituents is 1. The van der Waals surface area contributed by atoms with Gasteiger partial charge in [-0.05, 0) is 43.2 Å². The van der Waals surface area contributed by atoms with Crippen LogP contribution in [-0.2, 0) is 0 Å². The summed E-state index contributed by atoms with van der Waals surface area (Å²) in [5, 5.41) is 12.8. The molecule has 1 aromatic carbocycles. The third-order valence-corrected chi connectivity index (χ3v) is 4.93. The van der Waals surface area contributed by atoms with E-state index < -0.39 is 0 Å². The largest absolute Gasteiger partial charge is 0.370 e. The maximum Gasteiger partial charge on any atom is 0.278 e. The van der Waals surface area contributed by atoms with Gasteiger partial charge in [0.05, 0.1) is 10.3 Å². The number of nitrogens with zero attached hydrogens (tertiary/aromatic N) is 3. The number of anilines is 1. The summed E-state index contributed by atoms with van der Waals surface area (Å²) in [5.74, 6) is 0. The fourth-order valence-electron chi connectivity index (χ4n) is 3.59. The van der Waals surface area contributed by atoms with Gasteiger partial charge in [-0.25, -0.2) is 0 Å². The SMILES string of the molecule is O=[N+]([O-])c1ccc(N2CCCC3(CC3)C2)c2ccncc12. The van der Waals surface area contributed by atoms with Gasteiger partial charge in [-0.3, -0.25) is 15.1 Å². The second-order valence-electron chi connectivity index (χ2n) is 6.31. The summed E-state index contributed by atoms with van der Waals surface area (Å²) >= 11 is 0. The summed E-state index contributed by atoms with van der Waals surface area (Å²) < 4.78 is 0. The molecule has 2 heterocycles. The molecule has 1 aliphatic carbocycles. The molecule has 1 spiro atoms. The van der Waals surface area contributed by atoms with Gasteiger partial charge in [0, 0.05) is 42.6 Å². The molecule has 0 unspecified atom stereocenters. The summed E-state index contributed by atoms with van der Waals surface area (Å²) in [5.41, 5.74) is 1.78. The lowest BCUT2D eigenvalue weighted by Gasteiger charge is -2.35. The van der Waals surface area contributed by atoms with Crippen LogP contribution in [0.5, 0.6) is 0 Å². The van der Waals surface area contributed by atoms with Crippen LogP contribution in [0.1, 0.15) is 25.7 Å². The molecule has 4 rings (SSSR count). The van der Waals surface area contributed by atoms with E-state index in [9.17, 15) is 10.1 Å². The minimum atomic E-state index is -0.327. The Bertz CT molecular complexity index is 725. The summed E-state index contributed by atoms with van der Waals surface area (Å²) in [6.45, 7) is 2.12. The maximum absolute atomic E-state index is 11.2. The average Bonchev–Trinajstić information content (AvgIpc) is 3.24. The van der Waals surface area contributed by atoms with Crippen molar-refractivity contribution in [2.45, 2.75) is 25.7 Å². The fourth-order valence-corrected chi connectivity index (χ4v) is 3.59. The van der Waals surface area contributed by atoms with Crippen molar-refractivity contribution in [3.63, 3.8) is 0 Å². The highest BCUT2D eigenvalue weighted by Crippen LogP contribution is 2.53. The van der Waals surface area contributed by atoms with E-state index in [-0.39, 0.29) is 10.6 Å². The number of rotatable bonds is 2. The smallest absolute Gasteiger partial charge is 0.278 e. The molecule has 0 radical (unpaired) electrons. The second kappa shape index (κ2) is 4.41. The molecular formula is C16H17N3O2. The molecule has 21 heavy (non-hydrogen) atoms. The van der Waals surface area contributed by atoms with Crippen LogP contribution >= 0.6 is 0 Å². The topological polar surface area (TPSA) is 59.3 Å². The monoisotopic (exact) mass is 283 g/mol. The minimum absolute atomic E-state index is 0.139. The zero-order valence-electron chi connectivity index (χ0n) is 11.8. The van der Waals surface area contributed by atoms with E-state index in [1.165, 1.54) is 25.7 Å². The molecule has 1 aliphatic heterocycles. The normalized spacial score (nSPS) is 19.9. The Morgan fingerprint density at radius 2 is 2.05 bits per heavy atom. The van der Waals surface area contributed by atoms with Crippen LogP contribution in [0.25, 0.3) is 10.8 Å². The van der Waals surface area contributed by atoms with Crippen LogP contribution in [0.4, 0.5) is 11.4 Å². The molecule has 1 aromatic heterocycles. The lowest BCUT2D eigenvalue weighted by Crippen LogP contribution is -2.36. The van der Waals surface area contributed by atoms with Crippen molar-refractivity contribution >= 4 is 22.1 Å². The molecule has 2 aliphatic rings. The predicted octanol–water partition coefficient (Wildman–Crippen LogP) is 3.52. The van der Waals surface area contributed by atoms with Crippen LogP contribution in [0.2, 0.25) is 0 Å². The van der Waals surface area contributed by atoms with Crippen LogP contribution in [0.3, 0.4) is 0 Å². The van der Waals surface area contributed by atoms with Gasteiger partial charge in [0.1, 0.15) is 0 Å². The molecule has 2 fully saturated rings. The van der Waals surface area contributed by atoms with E-state index in [1.54, 1.807) is 18.5 Å². The fraction of sp³-hybridized carbons (Fsp3) is 0.438. The zero-order chi connectivity index (χ0) is 14.4. The van der Waals surface area contributed by atoms with Crippen molar-refractivity contribution in [1.29, 1.82) is 0 Å². The summed E-state index contributed by atoms with van der Waals surface area (Å²) in [4.78, 5) is 17.3. The first-order chi connectivity index (χ1) is 10.2. The van der Waals surface area contributed by atoms with Crippen molar-refractivity contribution in [3.05, 3.63) is 40.7 Å². The van der Waals surface area contributed by atoms with Crippen LogP contribution in [-0.4, -0.2) is 23.0 Å².